The second-order valence-corrected chi connectivity index (χ2v) is 1.95. The molecule has 0 radical (unpaired) electrons. The van der Waals surface area contributed by atoms with E-state index >= 15 is 0 Å². The normalized spacial score (nSPS) is 26.1. The van der Waals surface area contributed by atoms with Crippen LogP contribution in [-0.2, 0) is 4.79 Å². The lowest BCUT2D eigenvalue weighted by molar-refractivity contribution is -0.114. The van der Waals surface area contributed by atoms with Gasteiger partial charge in [-0.25, -0.2) is 0 Å². The van der Waals surface area contributed by atoms with Crippen molar-refractivity contribution in [3.05, 3.63) is 11.8 Å². The van der Waals surface area contributed by atoms with Crippen molar-refractivity contribution < 1.29 is 4.79 Å². The first kappa shape index (κ1) is 6.22. The lowest BCUT2D eigenvalue weighted by atomic mass is 10.4. The lowest BCUT2D eigenvalue weighted by Gasteiger charge is -2.04. The smallest absolute Gasteiger partial charge is 0.289 e. The molecule has 5 heteroatoms. The van der Waals surface area contributed by atoms with Crippen molar-refractivity contribution >= 4 is 17.5 Å². The van der Waals surface area contributed by atoms with Gasteiger partial charge in [-0.15, -0.1) is 5.11 Å². The Morgan fingerprint density at radius 1 is 1.78 bits per heavy atom. The number of amides is 1. The van der Waals surface area contributed by atoms with E-state index in [4.69, 9.17) is 17.3 Å². The van der Waals surface area contributed by atoms with Crippen molar-refractivity contribution in [1.82, 2.24) is 0 Å². The van der Waals surface area contributed by atoms with Gasteiger partial charge in [-0.1, -0.05) is 11.6 Å². The van der Waals surface area contributed by atoms with Gasteiger partial charge in [-0.2, -0.15) is 5.11 Å². The number of nitrogens with two attached hydrogens (primary N) is 1. The van der Waals surface area contributed by atoms with Crippen molar-refractivity contribution in [2.24, 2.45) is 16.0 Å². The number of alkyl halides is 1. The van der Waals surface area contributed by atoms with Gasteiger partial charge >= 0.3 is 0 Å². The molecular weight excluding hydrogens is 142 g/mol. The summed E-state index contributed by atoms with van der Waals surface area (Å²) in [4.78, 5) is 10.3. The van der Waals surface area contributed by atoms with Crippen LogP contribution in [0.25, 0.3) is 0 Å². The molecule has 1 heterocycles. The van der Waals surface area contributed by atoms with E-state index in [-0.39, 0.29) is 5.70 Å². The molecule has 0 aromatic carbocycles. The third-order valence-corrected chi connectivity index (χ3v) is 1.16. The number of nitrogens with zero attached hydrogens (tertiary/aromatic N) is 2. The minimum atomic E-state index is -0.664. The molecule has 0 aliphatic carbocycles. The Balaban J connectivity index is 2.82. The summed E-state index contributed by atoms with van der Waals surface area (Å²) in [7, 11) is 0. The molecule has 1 aliphatic heterocycles. The molecule has 4 nitrogen and oxygen atoms in total. The SMILES string of the molecule is NC1=CC(=O)N=NC1Cl. The van der Waals surface area contributed by atoms with Gasteiger partial charge in [0.2, 0.25) is 0 Å². The number of hydrogen-bond acceptors (Lipinski definition) is 3. The van der Waals surface area contributed by atoms with Crippen LogP contribution < -0.4 is 5.73 Å². The Labute approximate surface area is 56.4 Å². The molecule has 1 amide bonds. The van der Waals surface area contributed by atoms with Gasteiger partial charge in [-0.3, -0.25) is 4.79 Å². The fourth-order valence-electron chi connectivity index (χ4n) is 0.414. The average molecular weight is 146 g/mol. The molecule has 0 saturated carbocycles. The van der Waals surface area contributed by atoms with Crippen LogP contribution in [0, 0.1) is 0 Å². The predicted molar refractivity (Wildman–Crippen MR) is 31.8 cm³/mol. The van der Waals surface area contributed by atoms with Gasteiger partial charge in [0.1, 0.15) is 0 Å². The topological polar surface area (TPSA) is 67.8 Å². The zero-order valence-corrected chi connectivity index (χ0v) is 5.17. The highest BCUT2D eigenvalue weighted by Crippen LogP contribution is 2.10. The van der Waals surface area contributed by atoms with Gasteiger partial charge < -0.3 is 5.73 Å². The highest BCUT2D eigenvalue weighted by atomic mass is 35.5. The zero-order chi connectivity index (χ0) is 6.85. The molecule has 0 saturated heterocycles. The Morgan fingerprint density at radius 3 is 2.89 bits per heavy atom. The molecule has 1 rings (SSSR count). The highest BCUT2D eigenvalue weighted by Gasteiger charge is 2.12. The fraction of sp³-hybridized carbons (Fsp3) is 0.250. The average Bonchev–Trinajstić information content (AvgIpc) is 1.80. The van der Waals surface area contributed by atoms with Crippen LogP contribution in [0.4, 0.5) is 0 Å². The Morgan fingerprint density at radius 2 is 2.44 bits per heavy atom. The van der Waals surface area contributed by atoms with E-state index in [1.54, 1.807) is 0 Å². The summed E-state index contributed by atoms with van der Waals surface area (Å²) < 4.78 is 0. The van der Waals surface area contributed by atoms with Crippen molar-refractivity contribution in [3.63, 3.8) is 0 Å². The maximum atomic E-state index is 10.3. The van der Waals surface area contributed by atoms with E-state index in [1.165, 1.54) is 0 Å². The summed E-state index contributed by atoms with van der Waals surface area (Å²) >= 11 is 5.43. The Kier molecular flexibility index (Phi) is 1.48. The summed E-state index contributed by atoms with van der Waals surface area (Å²) in [6, 6.07) is 0. The molecule has 1 atom stereocenters. The standard InChI is InChI=1S/C4H4ClN3O/c5-4-2(6)1-3(9)7-8-4/h1,4H,6H2. The number of azo groups is 1. The zero-order valence-electron chi connectivity index (χ0n) is 4.41. The monoisotopic (exact) mass is 145 g/mol. The molecule has 48 valence electrons. The van der Waals surface area contributed by atoms with E-state index in [0.29, 0.717) is 0 Å². The Bertz CT molecular complexity index is 198. The maximum Gasteiger partial charge on any atom is 0.289 e. The summed E-state index contributed by atoms with van der Waals surface area (Å²) in [6.07, 6.45) is 1.16. The van der Waals surface area contributed by atoms with Crippen molar-refractivity contribution in [1.29, 1.82) is 0 Å². The summed E-state index contributed by atoms with van der Waals surface area (Å²) in [5.41, 5.74) is 4.81. The van der Waals surface area contributed by atoms with Gasteiger partial charge in [0, 0.05) is 6.08 Å². The molecule has 0 fully saturated rings. The van der Waals surface area contributed by atoms with E-state index in [9.17, 15) is 4.79 Å². The van der Waals surface area contributed by atoms with Crippen LogP contribution in [0.5, 0.6) is 0 Å². The first-order valence-corrected chi connectivity index (χ1v) is 2.70. The van der Waals surface area contributed by atoms with Crippen LogP contribution in [0.1, 0.15) is 0 Å². The minimum absolute atomic E-state index is 0.247. The van der Waals surface area contributed by atoms with Crippen LogP contribution in [-0.4, -0.2) is 11.4 Å². The van der Waals surface area contributed by atoms with E-state index in [2.05, 4.69) is 10.2 Å². The van der Waals surface area contributed by atoms with Crippen molar-refractivity contribution in [2.75, 3.05) is 0 Å². The van der Waals surface area contributed by atoms with Crippen LogP contribution in [0.3, 0.4) is 0 Å². The first-order valence-electron chi connectivity index (χ1n) is 2.26. The summed E-state index contributed by atoms with van der Waals surface area (Å²) in [6.45, 7) is 0. The third-order valence-electron chi connectivity index (χ3n) is 0.823. The molecule has 0 spiro atoms. The number of carbonyl (C=O) groups excluding carboxylic acids is 1. The van der Waals surface area contributed by atoms with Crippen molar-refractivity contribution in [2.45, 2.75) is 5.50 Å². The summed E-state index contributed by atoms with van der Waals surface area (Å²) in [5, 5.41) is 6.50. The highest BCUT2D eigenvalue weighted by molar-refractivity contribution is 6.22. The van der Waals surface area contributed by atoms with Gasteiger partial charge in [0.25, 0.3) is 5.91 Å². The molecule has 0 bridgehead atoms. The molecule has 0 aromatic rings. The molecular formula is C4H4ClN3O. The Hall–Kier alpha value is -0.900. The van der Waals surface area contributed by atoms with E-state index in [1.807, 2.05) is 0 Å². The second kappa shape index (κ2) is 2.14. The molecule has 9 heavy (non-hydrogen) atoms. The van der Waals surface area contributed by atoms with E-state index < -0.39 is 11.4 Å². The van der Waals surface area contributed by atoms with Gasteiger partial charge in [0.05, 0.1) is 5.70 Å². The largest absolute Gasteiger partial charge is 0.399 e. The summed E-state index contributed by atoms with van der Waals surface area (Å²) in [5.74, 6) is -0.454. The van der Waals surface area contributed by atoms with Crippen LogP contribution >= 0.6 is 11.6 Å². The number of halogens is 1. The van der Waals surface area contributed by atoms with E-state index in [0.717, 1.165) is 6.08 Å². The van der Waals surface area contributed by atoms with Gasteiger partial charge in [0.15, 0.2) is 5.50 Å². The fourth-order valence-corrected chi connectivity index (χ4v) is 0.521. The lowest BCUT2D eigenvalue weighted by Crippen LogP contribution is -2.14. The number of carbonyl (C=O) groups is 1. The van der Waals surface area contributed by atoms with Gasteiger partial charge in [-0.05, 0) is 0 Å². The maximum absolute atomic E-state index is 10.3. The molecule has 1 unspecified atom stereocenters. The van der Waals surface area contributed by atoms with Crippen LogP contribution in [0.15, 0.2) is 22.0 Å². The number of rotatable bonds is 0. The second-order valence-electron chi connectivity index (χ2n) is 1.53. The predicted octanol–water partition coefficient (Wildman–Crippen LogP) is 0.386. The van der Waals surface area contributed by atoms with Crippen LogP contribution in [0.2, 0.25) is 0 Å². The first-order chi connectivity index (χ1) is 4.20. The quantitative estimate of drug-likeness (QED) is 0.396. The van der Waals surface area contributed by atoms with Crippen molar-refractivity contribution in [3.8, 4) is 0 Å². The number of hydrogen-bond donors (Lipinski definition) is 1. The third kappa shape index (κ3) is 1.26. The minimum Gasteiger partial charge on any atom is -0.399 e. The molecule has 0 aromatic heterocycles. The molecule has 1 aliphatic rings. The molecule has 2 N–H and O–H groups in total.